The third kappa shape index (κ3) is 3.63. The van der Waals surface area contributed by atoms with Crippen LogP contribution in [0.3, 0.4) is 0 Å². The average Bonchev–Trinajstić information content (AvgIpc) is 2.51. The minimum atomic E-state index is -0.110. The molecule has 1 heterocycles. The van der Waals surface area contributed by atoms with E-state index in [0.717, 1.165) is 10.8 Å². The second kappa shape index (κ2) is 5.31. The molecule has 1 aromatic rings. The Morgan fingerprint density at radius 1 is 1.64 bits per heavy atom. The highest BCUT2D eigenvalue weighted by molar-refractivity contribution is 8.01. The van der Waals surface area contributed by atoms with Gasteiger partial charge in [-0.15, -0.1) is 10.2 Å². The predicted octanol–water partition coefficient (Wildman–Crippen LogP) is 2.39. The maximum Gasteiger partial charge on any atom is 0.223 e. The molecular weight excluding hydrogens is 218 g/mol. The Bertz CT molecular complexity index is 313. The zero-order valence-electron chi connectivity index (χ0n) is 8.40. The van der Waals surface area contributed by atoms with Gasteiger partial charge in [-0.1, -0.05) is 36.9 Å². The molecule has 0 aromatic carbocycles. The van der Waals surface area contributed by atoms with Gasteiger partial charge >= 0.3 is 0 Å². The number of thioether (sulfide) groups is 1. The molecule has 0 bridgehead atoms. The molecule has 1 N–H and O–H groups in total. The fourth-order valence-corrected chi connectivity index (χ4v) is 2.76. The summed E-state index contributed by atoms with van der Waals surface area (Å²) >= 11 is 3.10. The zero-order chi connectivity index (χ0) is 10.6. The van der Waals surface area contributed by atoms with Crippen LogP contribution >= 0.6 is 23.1 Å². The summed E-state index contributed by atoms with van der Waals surface area (Å²) in [5.74, 6) is -0.110. The number of carbonyl (C=O) groups excluding carboxylic acids is 1. The molecule has 0 aliphatic rings. The van der Waals surface area contributed by atoms with Crippen LogP contribution in [0.25, 0.3) is 0 Å². The van der Waals surface area contributed by atoms with E-state index < -0.39 is 0 Å². The molecule has 1 atom stereocenters. The lowest BCUT2D eigenvalue weighted by molar-refractivity contribution is -0.114. The largest absolute Gasteiger partial charge is 0.301 e. The van der Waals surface area contributed by atoms with E-state index in [4.69, 9.17) is 0 Å². The predicted molar refractivity (Wildman–Crippen MR) is 59.8 cm³/mol. The van der Waals surface area contributed by atoms with Crippen molar-refractivity contribution in [1.82, 2.24) is 10.2 Å². The van der Waals surface area contributed by atoms with Gasteiger partial charge in [0.2, 0.25) is 11.0 Å². The van der Waals surface area contributed by atoms with Crippen molar-refractivity contribution < 1.29 is 4.79 Å². The Balaban J connectivity index is 2.54. The minimum Gasteiger partial charge on any atom is -0.301 e. The summed E-state index contributed by atoms with van der Waals surface area (Å²) in [7, 11) is 0. The van der Waals surface area contributed by atoms with Gasteiger partial charge in [-0.3, -0.25) is 4.79 Å². The van der Waals surface area contributed by atoms with Gasteiger partial charge in [0.05, 0.1) is 0 Å². The van der Waals surface area contributed by atoms with Gasteiger partial charge in [0.1, 0.15) is 0 Å². The number of hydrogen-bond acceptors (Lipinski definition) is 5. The summed E-state index contributed by atoms with van der Waals surface area (Å²) in [6.45, 7) is 5.74. The molecule has 1 amide bonds. The Labute approximate surface area is 91.5 Å². The number of carbonyl (C=O) groups is 1. The first-order valence-corrected chi connectivity index (χ1v) is 6.09. The first-order valence-electron chi connectivity index (χ1n) is 4.39. The first-order chi connectivity index (χ1) is 6.61. The van der Waals surface area contributed by atoms with E-state index in [1.807, 2.05) is 0 Å². The van der Waals surface area contributed by atoms with Crippen molar-refractivity contribution in [3.8, 4) is 0 Å². The highest BCUT2D eigenvalue weighted by atomic mass is 32.2. The van der Waals surface area contributed by atoms with Crippen molar-refractivity contribution in [3.05, 3.63) is 0 Å². The normalized spacial score (nSPS) is 12.5. The Hall–Kier alpha value is -0.620. The maximum absolute atomic E-state index is 10.7. The van der Waals surface area contributed by atoms with Crippen LogP contribution in [0, 0.1) is 0 Å². The Morgan fingerprint density at radius 3 is 2.93 bits per heavy atom. The number of nitrogens with one attached hydrogen (secondary N) is 1. The molecule has 0 aliphatic heterocycles. The SMILES string of the molecule is CC[C@@H](C)Sc1nnc(NC(C)=O)s1. The van der Waals surface area contributed by atoms with E-state index in [0.29, 0.717) is 10.4 Å². The van der Waals surface area contributed by atoms with Crippen LogP contribution in [0.2, 0.25) is 0 Å². The second-order valence-corrected chi connectivity index (χ2v) is 5.55. The molecule has 4 nitrogen and oxygen atoms in total. The van der Waals surface area contributed by atoms with Gasteiger partial charge in [-0.05, 0) is 6.42 Å². The Morgan fingerprint density at radius 2 is 2.36 bits per heavy atom. The maximum atomic E-state index is 10.7. The van der Waals surface area contributed by atoms with Crippen LogP contribution in [-0.4, -0.2) is 21.4 Å². The van der Waals surface area contributed by atoms with Gasteiger partial charge < -0.3 is 5.32 Å². The van der Waals surface area contributed by atoms with E-state index in [2.05, 4.69) is 29.4 Å². The van der Waals surface area contributed by atoms with Crippen LogP contribution < -0.4 is 5.32 Å². The van der Waals surface area contributed by atoms with Crippen LogP contribution in [0.1, 0.15) is 27.2 Å². The fourth-order valence-electron chi connectivity index (χ4n) is 0.714. The van der Waals surface area contributed by atoms with Gasteiger partial charge in [0, 0.05) is 12.2 Å². The van der Waals surface area contributed by atoms with Gasteiger partial charge in [-0.2, -0.15) is 0 Å². The molecule has 0 aliphatic carbocycles. The van der Waals surface area contributed by atoms with Crippen molar-refractivity contribution in [2.24, 2.45) is 0 Å². The van der Waals surface area contributed by atoms with Crippen molar-refractivity contribution in [1.29, 1.82) is 0 Å². The molecular formula is C8H13N3OS2. The van der Waals surface area contributed by atoms with E-state index in [9.17, 15) is 4.79 Å². The zero-order valence-corrected chi connectivity index (χ0v) is 10.0. The summed E-state index contributed by atoms with van der Waals surface area (Å²) < 4.78 is 0.906. The third-order valence-corrected chi connectivity index (χ3v) is 3.76. The van der Waals surface area contributed by atoms with Gasteiger partial charge in [-0.25, -0.2) is 0 Å². The molecule has 1 aromatic heterocycles. The van der Waals surface area contributed by atoms with Crippen LogP contribution in [0.4, 0.5) is 5.13 Å². The summed E-state index contributed by atoms with van der Waals surface area (Å²) in [5.41, 5.74) is 0. The number of anilines is 1. The number of rotatable bonds is 4. The first kappa shape index (κ1) is 11.5. The van der Waals surface area contributed by atoms with Gasteiger partial charge in [0.15, 0.2) is 4.34 Å². The molecule has 6 heteroatoms. The van der Waals surface area contributed by atoms with E-state index >= 15 is 0 Å². The van der Waals surface area contributed by atoms with E-state index in [1.54, 1.807) is 11.8 Å². The van der Waals surface area contributed by atoms with Crippen molar-refractivity contribution in [3.63, 3.8) is 0 Å². The van der Waals surface area contributed by atoms with E-state index in [-0.39, 0.29) is 5.91 Å². The fraction of sp³-hybridized carbons (Fsp3) is 0.625. The van der Waals surface area contributed by atoms with E-state index in [1.165, 1.54) is 18.3 Å². The summed E-state index contributed by atoms with van der Waals surface area (Å²) in [6, 6.07) is 0. The third-order valence-electron chi connectivity index (χ3n) is 1.57. The molecule has 1 rings (SSSR count). The molecule has 0 saturated carbocycles. The average molecular weight is 231 g/mol. The minimum absolute atomic E-state index is 0.110. The number of nitrogens with zero attached hydrogens (tertiary/aromatic N) is 2. The molecule has 14 heavy (non-hydrogen) atoms. The molecule has 0 radical (unpaired) electrons. The number of hydrogen-bond donors (Lipinski definition) is 1. The highest BCUT2D eigenvalue weighted by Crippen LogP contribution is 2.29. The van der Waals surface area contributed by atoms with Crippen LogP contribution in [-0.2, 0) is 4.79 Å². The highest BCUT2D eigenvalue weighted by Gasteiger charge is 2.08. The lowest BCUT2D eigenvalue weighted by Gasteiger charge is -2.02. The topological polar surface area (TPSA) is 54.9 Å². The van der Waals surface area contributed by atoms with Crippen LogP contribution in [0.5, 0.6) is 0 Å². The van der Waals surface area contributed by atoms with Crippen molar-refractivity contribution in [2.45, 2.75) is 36.8 Å². The summed E-state index contributed by atoms with van der Waals surface area (Å²) in [6.07, 6.45) is 1.10. The lowest BCUT2D eigenvalue weighted by atomic mass is 10.4. The second-order valence-electron chi connectivity index (χ2n) is 2.89. The van der Waals surface area contributed by atoms with Crippen molar-refractivity contribution in [2.75, 3.05) is 5.32 Å². The number of aromatic nitrogens is 2. The molecule has 0 fully saturated rings. The summed E-state index contributed by atoms with van der Waals surface area (Å²) in [5, 5.41) is 11.6. The molecule has 78 valence electrons. The molecule has 0 saturated heterocycles. The summed E-state index contributed by atoms with van der Waals surface area (Å²) in [4.78, 5) is 10.7. The van der Waals surface area contributed by atoms with Crippen molar-refractivity contribution >= 4 is 34.1 Å². The Kier molecular flexibility index (Phi) is 4.34. The smallest absolute Gasteiger partial charge is 0.223 e. The quantitative estimate of drug-likeness (QED) is 0.638. The lowest BCUT2D eigenvalue weighted by Crippen LogP contribution is -2.04. The molecule has 0 unspecified atom stereocenters. The monoisotopic (exact) mass is 231 g/mol. The standard InChI is InChI=1S/C8H13N3OS2/c1-4-5(2)13-8-11-10-7(14-8)9-6(3)12/h5H,4H2,1-3H3,(H,9,10,12)/t5-/m1/s1. The molecule has 0 spiro atoms. The van der Waals surface area contributed by atoms with Gasteiger partial charge in [0.25, 0.3) is 0 Å². The van der Waals surface area contributed by atoms with Crippen LogP contribution in [0.15, 0.2) is 4.34 Å². The number of amides is 1.